The van der Waals surface area contributed by atoms with E-state index in [1.807, 2.05) is 0 Å². The van der Waals surface area contributed by atoms with E-state index >= 15 is 0 Å². The number of likely N-dealkylation sites (N-methyl/N-ethyl adjacent to an activating group) is 1. The lowest BCUT2D eigenvalue weighted by Gasteiger charge is -2.16. The molecular formula is C11H14N6O4. The van der Waals surface area contributed by atoms with Gasteiger partial charge in [0.25, 0.3) is 5.91 Å². The number of nitrogens with zero attached hydrogens (tertiary/aromatic N) is 4. The van der Waals surface area contributed by atoms with Gasteiger partial charge in [-0.3, -0.25) is 9.36 Å². The fourth-order valence-electron chi connectivity index (χ4n) is 2.30. The van der Waals surface area contributed by atoms with Crippen molar-refractivity contribution in [3.8, 4) is 0 Å². The zero-order chi connectivity index (χ0) is 15.1. The molecule has 4 atom stereocenters. The number of aliphatic hydroxyl groups is 2. The van der Waals surface area contributed by atoms with Gasteiger partial charge in [-0.2, -0.15) is 0 Å². The van der Waals surface area contributed by atoms with Crippen LogP contribution in [0.5, 0.6) is 0 Å². The SMILES string of the molecule is CNC(=O)[C@@H]1O[C@H](n2cnc3c(N)ncnc32)[C@@H](O)[C@H]1O. The molecule has 0 bridgehead atoms. The van der Waals surface area contributed by atoms with Gasteiger partial charge in [0.1, 0.15) is 24.1 Å². The van der Waals surface area contributed by atoms with Gasteiger partial charge in [-0.1, -0.05) is 0 Å². The quantitative estimate of drug-likeness (QED) is 0.486. The maximum absolute atomic E-state index is 11.6. The van der Waals surface area contributed by atoms with Gasteiger partial charge in [-0.05, 0) is 0 Å². The highest BCUT2D eigenvalue weighted by atomic mass is 16.6. The minimum Gasteiger partial charge on any atom is -0.387 e. The molecule has 0 spiro atoms. The summed E-state index contributed by atoms with van der Waals surface area (Å²) in [6.45, 7) is 0. The number of aromatic nitrogens is 4. The van der Waals surface area contributed by atoms with Crippen LogP contribution in [0.4, 0.5) is 5.82 Å². The van der Waals surface area contributed by atoms with Crippen molar-refractivity contribution in [1.29, 1.82) is 0 Å². The van der Waals surface area contributed by atoms with Crippen molar-refractivity contribution >= 4 is 22.9 Å². The van der Waals surface area contributed by atoms with Gasteiger partial charge in [0.15, 0.2) is 23.8 Å². The molecule has 0 saturated carbocycles. The number of fused-ring (bicyclic) bond motifs is 1. The predicted molar refractivity (Wildman–Crippen MR) is 69.7 cm³/mol. The van der Waals surface area contributed by atoms with Gasteiger partial charge in [0.2, 0.25) is 0 Å². The lowest BCUT2D eigenvalue weighted by atomic mass is 10.1. The van der Waals surface area contributed by atoms with E-state index in [0.29, 0.717) is 11.2 Å². The number of amides is 1. The normalized spacial score (nSPS) is 28.9. The smallest absolute Gasteiger partial charge is 0.251 e. The van der Waals surface area contributed by atoms with E-state index in [0.717, 1.165) is 0 Å². The van der Waals surface area contributed by atoms with Gasteiger partial charge in [-0.25, -0.2) is 15.0 Å². The first-order chi connectivity index (χ1) is 10.0. The molecule has 1 aliphatic rings. The number of nitrogen functional groups attached to an aromatic ring is 1. The average Bonchev–Trinajstić information content (AvgIpc) is 3.02. The standard InChI is InChI=1S/C11H14N6O4/c1-13-10(20)7-5(18)6(19)11(21-7)17-3-16-4-8(12)14-2-15-9(4)17/h2-3,5-7,11,18-19H,1H3,(H,13,20)(H2,12,14,15)/t5-,6+,7-,11+/m1/s1. The number of nitrogens with two attached hydrogens (primary N) is 1. The Balaban J connectivity index is 2.00. The van der Waals surface area contributed by atoms with Crippen molar-refractivity contribution in [1.82, 2.24) is 24.8 Å². The third-order valence-corrected chi connectivity index (χ3v) is 3.40. The zero-order valence-corrected chi connectivity index (χ0v) is 11.0. The molecular weight excluding hydrogens is 280 g/mol. The highest BCUT2D eigenvalue weighted by molar-refractivity contribution is 5.82. The van der Waals surface area contributed by atoms with Gasteiger partial charge in [-0.15, -0.1) is 0 Å². The Morgan fingerprint density at radius 3 is 2.86 bits per heavy atom. The topological polar surface area (TPSA) is 148 Å². The summed E-state index contributed by atoms with van der Waals surface area (Å²) in [7, 11) is 1.42. The number of aliphatic hydroxyl groups excluding tert-OH is 2. The van der Waals surface area contributed by atoms with Crippen LogP contribution in [0.25, 0.3) is 11.2 Å². The number of imidazole rings is 1. The fourth-order valence-corrected chi connectivity index (χ4v) is 2.30. The lowest BCUT2D eigenvalue weighted by Crippen LogP contribution is -2.41. The third-order valence-electron chi connectivity index (χ3n) is 3.40. The number of nitrogens with one attached hydrogen (secondary N) is 1. The summed E-state index contributed by atoms with van der Waals surface area (Å²) in [6.07, 6.45) is -2.22. The van der Waals surface area contributed by atoms with Crippen molar-refractivity contribution < 1.29 is 19.7 Å². The number of ether oxygens (including phenoxy) is 1. The van der Waals surface area contributed by atoms with Gasteiger partial charge in [0.05, 0.1) is 6.33 Å². The molecule has 2 aromatic rings. The minimum absolute atomic E-state index is 0.189. The molecule has 5 N–H and O–H groups in total. The Morgan fingerprint density at radius 2 is 2.14 bits per heavy atom. The zero-order valence-electron chi connectivity index (χ0n) is 11.0. The molecule has 1 saturated heterocycles. The van der Waals surface area contributed by atoms with Crippen LogP contribution in [0, 0.1) is 0 Å². The molecule has 2 aromatic heterocycles. The van der Waals surface area contributed by atoms with Crippen molar-refractivity contribution in [2.24, 2.45) is 0 Å². The highest BCUT2D eigenvalue weighted by Gasteiger charge is 2.47. The monoisotopic (exact) mass is 294 g/mol. The summed E-state index contributed by atoms with van der Waals surface area (Å²) in [5.74, 6) is -0.336. The number of carbonyl (C=O) groups excluding carboxylic acids is 1. The van der Waals surface area contributed by atoms with Crippen LogP contribution in [0.15, 0.2) is 12.7 Å². The molecule has 3 rings (SSSR count). The largest absolute Gasteiger partial charge is 0.387 e. The first kappa shape index (κ1) is 13.7. The summed E-state index contributed by atoms with van der Waals surface area (Å²) in [5, 5.41) is 22.4. The van der Waals surface area contributed by atoms with Crippen LogP contribution in [0.3, 0.4) is 0 Å². The molecule has 0 unspecified atom stereocenters. The van der Waals surface area contributed by atoms with E-state index < -0.39 is 30.4 Å². The number of carbonyl (C=O) groups is 1. The van der Waals surface area contributed by atoms with Gasteiger partial charge >= 0.3 is 0 Å². The summed E-state index contributed by atoms with van der Waals surface area (Å²) in [5.41, 5.74) is 6.38. The number of hydrogen-bond acceptors (Lipinski definition) is 8. The summed E-state index contributed by atoms with van der Waals surface area (Å²) in [6, 6.07) is 0. The molecule has 1 fully saturated rings. The maximum Gasteiger partial charge on any atom is 0.251 e. The van der Waals surface area contributed by atoms with E-state index in [4.69, 9.17) is 10.5 Å². The molecule has 112 valence electrons. The Bertz CT molecular complexity index is 688. The Hall–Kier alpha value is -2.30. The first-order valence-corrected chi connectivity index (χ1v) is 6.20. The number of hydrogen-bond donors (Lipinski definition) is 4. The van der Waals surface area contributed by atoms with Crippen molar-refractivity contribution in [2.75, 3.05) is 12.8 Å². The molecule has 3 heterocycles. The second-order valence-electron chi connectivity index (χ2n) is 4.63. The van der Waals surface area contributed by atoms with Crippen LogP contribution in [-0.2, 0) is 9.53 Å². The van der Waals surface area contributed by atoms with Crippen LogP contribution in [0.1, 0.15) is 6.23 Å². The molecule has 0 aliphatic carbocycles. The van der Waals surface area contributed by atoms with E-state index in [1.54, 1.807) is 0 Å². The van der Waals surface area contributed by atoms with Crippen LogP contribution >= 0.6 is 0 Å². The Kier molecular flexibility index (Phi) is 3.20. The Labute approximate surface area is 118 Å². The molecule has 10 nitrogen and oxygen atoms in total. The second-order valence-corrected chi connectivity index (χ2v) is 4.63. The fraction of sp³-hybridized carbons (Fsp3) is 0.455. The van der Waals surface area contributed by atoms with E-state index in [1.165, 1.54) is 24.3 Å². The summed E-state index contributed by atoms with van der Waals surface area (Å²) < 4.78 is 6.85. The summed E-state index contributed by atoms with van der Waals surface area (Å²) >= 11 is 0. The molecule has 1 amide bonds. The van der Waals surface area contributed by atoms with E-state index in [2.05, 4.69) is 20.3 Å². The highest BCUT2D eigenvalue weighted by Crippen LogP contribution is 2.31. The lowest BCUT2D eigenvalue weighted by molar-refractivity contribution is -0.137. The van der Waals surface area contributed by atoms with Crippen LogP contribution in [0.2, 0.25) is 0 Å². The molecule has 0 radical (unpaired) electrons. The summed E-state index contributed by atoms with van der Waals surface area (Å²) in [4.78, 5) is 23.5. The van der Waals surface area contributed by atoms with E-state index in [9.17, 15) is 15.0 Å². The molecule has 1 aliphatic heterocycles. The Morgan fingerprint density at radius 1 is 1.38 bits per heavy atom. The molecule has 10 heteroatoms. The van der Waals surface area contributed by atoms with Crippen LogP contribution < -0.4 is 11.1 Å². The van der Waals surface area contributed by atoms with Gasteiger partial charge in [0, 0.05) is 7.05 Å². The second kappa shape index (κ2) is 4.91. The number of anilines is 1. The molecule has 0 aromatic carbocycles. The minimum atomic E-state index is -1.36. The maximum atomic E-state index is 11.6. The van der Waals surface area contributed by atoms with E-state index in [-0.39, 0.29) is 5.82 Å². The van der Waals surface area contributed by atoms with Crippen LogP contribution in [-0.4, -0.2) is 61.0 Å². The van der Waals surface area contributed by atoms with Gasteiger partial charge < -0.3 is 26.0 Å². The van der Waals surface area contributed by atoms with Crippen molar-refractivity contribution in [3.05, 3.63) is 12.7 Å². The van der Waals surface area contributed by atoms with Crippen molar-refractivity contribution in [2.45, 2.75) is 24.5 Å². The first-order valence-electron chi connectivity index (χ1n) is 6.20. The average molecular weight is 294 g/mol. The number of rotatable bonds is 2. The predicted octanol–water partition coefficient (Wildman–Crippen LogP) is -2.23. The third kappa shape index (κ3) is 2.00. The van der Waals surface area contributed by atoms with Crippen molar-refractivity contribution in [3.63, 3.8) is 0 Å². The molecule has 21 heavy (non-hydrogen) atoms.